The molecule has 0 saturated heterocycles. The normalized spacial score (nSPS) is 28.2. The van der Waals surface area contributed by atoms with E-state index in [1.807, 2.05) is 24.3 Å². The third kappa shape index (κ3) is 1.22. The van der Waals surface area contributed by atoms with Crippen molar-refractivity contribution in [2.45, 2.75) is 11.6 Å². The molecule has 12 heavy (non-hydrogen) atoms. The van der Waals surface area contributed by atoms with Crippen molar-refractivity contribution in [3.63, 3.8) is 0 Å². The van der Waals surface area contributed by atoms with Crippen LogP contribution in [-0.4, -0.2) is 6.61 Å². The number of ether oxygens (including phenoxy) is 1. The lowest BCUT2D eigenvalue weighted by molar-refractivity contribution is 0.0804. The van der Waals surface area contributed by atoms with Crippen molar-refractivity contribution in [2.75, 3.05) is 6.61 Å². The number of hydrogen-bond acceptors (Lipinski definition) is 2. The smallest absolute Gasteiger partial charge is 0.157 e. The Balaban J connectivity index is 2.47. The van der Waals surface area contributed by atoms with Crippen molar-refractivity contribution in [3.8, 4) is 0 Å². The second-order valence-corrected chi connectivity index (χ2v) is 3.28. The summed E-state index contributed by atoms with van der Waals surface area (Å²) in [5, 5.41) is 0. The minimum absolute atomic E-state index is 0.0313. The quantitative estimate of drug-likeness (QED) is 0.624. The average molecular weight is 184 g/mol. The van der Waals surface area contributed by atoms with Crippen LogP contribution in [0, 0.1) is 0 Å². The van der Waals surface area contributed by atoms with E-state index in [4.69, 9.17) is 22.1 Å². The minimum Gasteiger partial charge on any atom is -0.356 e. The fourth-order valence-corrected chi connectivity index (χ4v) is 1.69. The summed E-state index contributed by atoms with van der Waals surface area (Å²) in [6.07, 6.45) is 0. The molecule has 2 rings (SSSR count). The van der Waals surface area contributed by atoms with Gasteiger partial charge in [0.1, 0.15) is 0 Å². The molecule has 2 nitrogen and oxygen atoms in total. The largest absolute Gasteiger partial charge is 0.356 e. The molecule has 2 unspecified atom stereocenters. The van der Waals surface area contributed by atoms with Crippen molar-refractivity contribution >= 4 is 11.6 Å². The van der Waals surface area contributed by atoms with Crippen molar-refractivity contribution in [3.05, 3.63) is 35.4 Å². The summed E-state index contributed by atoms with van der Waals surface area (Å²) in [5.41, 5.74) is 7.59. The molecule has 0 bridgehead atoms. The predicted octanol–water partition coefficient (Wildman–Crippen LogP) is 1.95. The lowest BCUT2D eigenvalue weighted by Crippen LogP contribution is -2.24. The van der Waals surface area contributed by atoms with E-state index < -0.39 is 0 Å². The molecule has 0 aliphatic carbocycles. The number of halogens is 1. The van der Waals surface area contributed by atoms with Gasteiger partial charge in [-0.2, -0.15) is 0 Å². The highest BCUT2D eigenvalue weighted by Gasteiger charge is 2.22. The molecule has 0 fully saturated rings. The van der Waals surface area contributed by atoms with Gasteiger partial charge in [0, 0.05) is 5.56 Å². The summed E-state index contributed by atoms with van der Waals surface area (Å²) in [7, 11) is 0. The highest BCUT2D eigenvalue weighted by Crippen LogP contribution is 2.33. The van der Waals surface area contributed by atoms with Crippen LogP contribution in [0.2, 0.25) is 0 Å². The van der Waals surface area contributed by atoms with Gasteiger partial charge in [0.2, 0.25) is 0 Å². The van der Waals surface area contributed by atoms with Gasteiger partial charge in [-0.15, -0.1) is 0 Å². The summed E-state index contributed by atoms with van der Waals surface area (Å²) in [4.78, 5) is 0. The first-order valence-electron chi connectivity index (χ1n) is 3.89. The number of hydrogen-bond donors (Lipinski definition) is 1. The van der Waals surface area contributed by atoms with Crippen LogP contribution in [-0.2, 0) is 4.74 Å². The molecule has 1 aliphatic heterocycles. The first-order valence-corrected chi connectivity index (χ1v) is 4.33. The maximum atomic E-state index is 5.93. The molecule has 0 amide bonds. The van der Waals surface area contributed by atoms with Crippen LogP contribution in [0.25, 0.3) is 0 Å². The Morgan fingerprint density at radius 1 is 1.33 bits per heavy atom. The van der Waals surface area contributed by atoms with Crippen molar-refractivity contribution in [1.82, 2.24) is 0 Å². The van der Waals surface area contributed by atoms with Crippen LogP contribution in [0.3, 0.4) is 0 Å². The summed E-state index contributed by atoms with van der Waals surface area (Å²) in [6, 6.07) is 7.82. The lowest BCUT2D eigenvalue weighted by Gasteiger charge is -2.25. The average Bonchev–Trinajstić information content (AvgIpc) is 2.12. The maximum Gasteiger partial charge on any atom is 0.157 e. The zero-order valence-electron chi connectivity index (χ0n) is 6.53. The van der Waals surface area contributed by atoms with Crippen LogP contribution < -0.4 is 5.73 Å². The molecular formula is C9H10ClNO. The Labute approximate surface area is 76.3 Å². The maximum absolute atomic E-state index is 5.93. The molecule has 1 aromatic rings. The van der Waals surface area contributed by atoms with E-state index in [-0.39, 0.29) is 11.6 Å². The second kappa shape index (κ2) is 3.05. The molecule has 2 atom stereocenters. The first-order chi connectivity index (χ1) is 5.79. The van der Waals surface area contributed by atoms with Gasteiger partial charge < -0.3 is 10.5 Å². The molecule has 1 aliphatic rings. The zero-order chi connectivity index (χ0) is 8.55. The van der Waals surface area contributed by atoms with E-state index in [0.717, 1.165) is 11.1 Å². The standard InChI is InChI=1S/C9H10ClNO/c10-9-7-4-2-1-3-6(7)8(11)5-12-9/h1-4,8-9H,5,11H2. The van der Waals surface area contributed by atoms with Crippen LogP contribution in [0.15, 0.2) is 24.3 Å². The lowest BCUT2D eigenvalue weighted by atomic mass is 10.00. The summed E-state index contributed by atoms with van der Waals surface area (Å²) >= 11 is 5.93. The molecule has 0 aromatic heterocycles. The fraction of sp³-hybridized carbons (Fsp3) is 0.333. The zero-order valence-corrected chi connectivity index (χ0v) is 7.29. The molecular weight excluding hydrogens is 174 g/mol. The van der Waals surface area contributed by atoms with Crippen LogP contribution in [0.1, 0.15) is 22.7 Å². The van der Waals surface area contributed by atoms with E-state index >= 15 is 0 Å². The molecule has 0 spiro atoms. The van der Waals surface area contributed by atoms with Gasteiger partial charge >= 0.3 is 0 Å². The van der Waals surface area contributed by atoms with Crippen molar-refractivity contribution in [2.24, 2.45) is 5.73 Å². The number of nitrogens with two attached hydrogens (primary N) is 1. The third-order valence-electron chi connectivity index (χ3n) is 2.06. The van der Waals surface area contributed by atoms with Gasteiger partial charge in [-0.3, -0.25) is 0 Å². The van der Waals surface area contributed by atoms with Crippen molar-refractivity contribution < 1.29 is 4.74 Å². The molecule has 2 N–H and O–H groups in total. The molecule has 1 aromatic carbocycles. The number of rotatable bonds is 0. The molecule has 64 valence electrons. The number of fused-ring (bicyclic) bond motifs is 1. The van der Waals surface area contributed by atoms with E-state index in [1.54, 1.807) is 0 Å². The molecule has 0 saturated carbocycles. The number of alkyl halides is 1. The first kappa shape index (κ1) is 8.05. The van der Waals surface area contributed by atoms with Crippen molar-refractivity contribution in [1.29, 1.82) is 0 Å². The van der Waals surface area contributed by atoms with Crippen LogP contribution in [0.4, 0.5) is 0 Å². The van der Waals surface area contributed by atoms with E-state index in [0.29, 0.717) is 6.61 Å². The van der Waals surface area contributed by atoms with Gasteiger partial charge in [-0.1, -0.05) is 35.9 Å². The minimum atomic E-state index is -0.332. The monoisotopic (exact) mass is 183 g/mol. The third-order valence-corrected chi connectivity index (χ3v) is 2.42. The van der Waals surface area contributed by atoms with Crippen LogP contribution in [0.5, 0.6) is 0 Å². The molecule has 3 heteroatoms. The Morgan fingerprint density at radius 2 is 2.00 bits per heavy atom. The van der Waals surface area contributed by atoms with Crippen LogP contribution >= 0.6 is 11.6 Å². The molecule has 1 heterocycles. The molecule has 0 radical (unpaired) electrons. The van der Waals surface area contributed by atoms with E-state index in [2.05, 4.69) is 0 Å². The Kier molecular flexibility index (Phi) is 2.05. The van der Waals surface area contributed by atoms with Gasteiger partial charge in [-0.25, -0.2) is 0 Å². The van der Waals surface area contributed by atoms with Gasteiger partial charge in [0.15, 0.2) is 5.56 Å². The SMILES string of the molecule is NC1COC(Cl)c2ccccc21. The summed E-state index contributed by atoms with van der Waals surface area (Å²) < 4.78 is 5.26. The van der Waals surface area contributed by atoms with E-state index in [1.165, 1.54) is 0 Å². The highest BCUT2D eigenvalue weighted by atomic mass is 35.5. The van der Waals surface area contributed by atoms with Gasteiger partial charge in [-0.05, 0) is 5.56 Å². The fourth-order valence-electron chi connectivity index (χ4n) is 1.42. The predicted molar refractivity (Wildman–Crippen MR) is 47.9 cm³/mol. The van der Waals surface area contributed by atoms with E-state index in [9.17, 15) is 0 Å². The second-order valence-electron chi connectivity index (χ2n) is 2.88. The Hall–Kier alpha value is -0.570. The number of benzene rings is 1. The van der Waals surface area contributed by atoms with Gasteiger partial charge in [0.25, 0.3) is 0 Å². The Bertz CT molecular complexity index is 261. The summed E-state index contributed by atoms with van der Waals surface area (Å²) in [5.74, 6) is 0. The van der Waals surface area contributed by atoms with Gasteiger partial charge in [0.05, 0.1) is 12.6 Å². The topological polar surface area (TPSA) is 35.2 Å². The highest BCUT2D eigenvalue weighted by molar-refractivity contribution is 6.20. The summed E-state index contributed by atoms with van der Waals surface area (Å²) in [6.45, 7) is 0.505. The Morgan fingerprint density at radius 3 is 2.67 bits per heavy atom.